The third kappa shape index (κ3) is 5.34. The average molecular weight is 661 g/mol. The Morgan fingerprint density at radius 3 is 1.24 bits per heavy atom. The van der Waals surface area contributed by atoms with Crippen LogP contribution in [0.4, 0.5) is 0 Å². The smallest absolute Gasteiger partial charge is 0.388 e. The molecule has 8 bridgehead atoms. The number of hydrogen-bond acceptors (Lipinski definition) is 5. The zero-order chi connectivity index (χ0) is 34.3. The van der Waals surface area contributed by atoms with Crippen molar-refractivity contribution in [1.82, 2.24) is 19.9 Å². The maximum atomic E-state index is 13.8. The molecule has 7 heteroatoms. The SMILES string of the molecule is O=C1Oc2nc(c(-c3ccccc3)c3ccc([nH]3)c(-c3ccccc3)c3nc(c(-c4ccccc4)c4ccc([nH]4)c2-c2ccccc2)C=C3)C1=O. The topological polar surface area (TPSA) is 101 Å². The van der Waals surface area contributed by atoms with Crippen molar-refractivity contribution in [2.75, 3.05) is 0 Å². The van der Waals surface area contributed by atoms with E-state index in [0.29, 0.717) is 27.7 Å². The molecule has 0 aliphatic carbocycles. The van der Waals surface area contributed by atoms with Gasteiger partial charge in [-0.15, -0.1) is 0 Å². The minimum absolute atomic E-state index is 0.0142. The third-order valence-electron chi connectivity index (χ3n) is 9.11. The number of aromatic amines is 2. The molecular weight excluding hydrogens is 633 g/mol. The zero-order valence-corrected chi connectivity index (χ0v) is 27.1. The molecule has 242 valence electrons. The number of esters is 1. The second kappa shape index (κ2) is 12.4. The monoisotopic (exact) mass is 660 g/mol. The number of ether oxygens (including phenoxy) is 1. The van der Waals surface area contributed by atoms with Gasteiger partial charge < -0.3 is 14.7 Å². The van der Waals surface area contributed by atoms with Crippen molar-refractivity contribution in [3.8, 4) is 50.4 Å². The summed E-state index contributed by atoms with van der Waals surface area (Å²) in [5.74, 6) is -1.81. The van der Waals surface area contributed by atoms with Gasteiger partial charge in [0, 0.05) is 33.2 Å². The van der Waals surface area contributed by atoms with Gasteiger partial charge in [-0.25, -0.2) is 14.8 Å². The average Bonchev–Trinajstić information content (AvgIpc) is 3.96. The number of hydrogen-bond donors (Lipinski definition) is 2. The number of nitrogens with zero attached hydrogens (tertiary/aromatic N) is 2. The van der Waals surface area contributed by atoms with Gasteiger partial charge in [0.1, 0.15) is 5.69 Å². The molecular formula is C44H28N4O3. The van der Waals surface area contributed by atoms with Gasteiger partial charge in [-0.1, -0.05) is 121 Å². The zero-order valence-electron chi connectivity index (χ0n) is 27.1. The summed E-state index contributed by atoms with van der Waals surface area (Å²) in [6, 6.07) is 47.1. The molecule has 0 atom stereocenters. The largest absolute Gasteiger partial charge is 0.401 e. The van der Waals surface area contributed by atoms with Gasteiger partial charge in [-0.05, 0) is 58.7 Å². The lowest BCUT2D eigenvalue weighted by Crippen LogP contribution is -2.27. The van der Waals surface area contributed by atoms with Crippen LogP contribution in [0.25, 0.3) is 78.7 Å². The maximum Gasteiger partial charge on any atom is 0.388 e. The molecule has 0 saturated heterocycles. The van der Waals surface area contributed by atoms with E-state index in [1.54, 1.807) is 0 Å². The van der Waals surface area contributed by atoms with E-state index in [-0.39, 0.29) is 11.6 Å². The Kier molecular flexibility index (Phi) is 7.29. The summed E-state index contributed by atoms with van der Waals surface area (Å²) in [4.78, 5) is 44.7. The molecule has 2 aliphatic rings. The van der Waals surface area contributed by atoms with E-state index in [9.17, 15) is 9.59 Å². The number of rotatable bonds is 4. The molecule has 0 saturated carbocycles. The van der Waals surface area contributed by atoms with Gasteiger partial charge >= 0.3 is 5.97 Å². The first-order chi connectivity index (χ1) is 25.1. The second-order valence-electron chi connectivity index (χ2n) is 12.2. The van der Waals surface area contributed by atoms with Gasteiger partial charge in [0.2, 0.25) is 5.88 Å². The van der Waals surface area contributed by atoms with Crippen molar-refractivity contribution in [3.63, 3.8) is 0 Å². The number of carbonyl (C=O) groups excluding carboxylic acids is 2. The van der Waals surface area contributed by atoms with Gasteiger partial charge in [0.05, 0.1) is 22.5 Å². The number of nitrogens with one attached hydrogen (secondary N) is 2. The highest BCUT2D eigenvalue weighted by molar-refractivity contribution is 6.42. The molecule has 0 radical (unpaired) electrons. The predicted molar refractivity (Wildman–Crippen MR) is 202 cm³/mol. The molecule has 2 aliphatic heterocycles. The van der Waals surface area contributed by atoms with Crippen molar-refractivity contribution in [1.29, 1.82) is 0 Å². The quantitative estimate of drug-likeness (QED) is 0.145. The number of carbonyl (C=O) groups is 2. The minimum atomic E-state index is -1.00. The van der Waals surface area contributed by atoms with Gasteiger partial charge in [0.15, 0.2) is 0 Å². The van der Waals surface area contributed by atoms with E-state index >= 15 is 0 Å². The van der Waals surface area contributed by atoms with E-state index in [4.69, 9.17) is 14.7 Å². The maximum absolute atomic E-state index is 13.8. The van der Waals surface area contributed by atoms with Crippen molar-refractivity contribution >= 4 is 46.0 Å². The molecule has 4 aromatic carbocycles. The number of fused-ring (bicyclic) bond motifs is 8. The fourth-order valence-corrected chi connectivity index (χ4v) is 6.81. The summed E-state index contributed by atoms with van der Waals surface area (Å²) in [5.41, 5.74) is 10.6. The summed E-state index contributed by atoms with van der Waals surface area (Å²) in [7, 11) is 0. The normalized spacial score (nSPS) is 12.5. The lowest BCUT2D eigenvalue weighted by molar-refractivity contribution is -0.130. The molecule has 0 unspecified atom stereocenters. The molecule has 5 heterocycles. The van der Waals surface area contributed by atoms with Crippen LogP contribution in [0.2, 0.25) is 0 Å². The fourth-order valence-electron chi connectivity index (χ4n) is 6.81. The summed E-state index contributed by atoms with van der Waals surface area (Å²) in [5, 5.41) is 0. The Hall–Kier alpha value is -7.12. The minimum Gasteiger partial charge on any atom is -0.401 e. The number of aromatic nitrogens is 4. The summed E-state index contributed by atoms with van der Waals surface area (Å²) >= 11 is 0. The molecule has 0 amide bonds. The van der Waals surface area contributed by atoms with Crippen LogP contribution in [-0.2, 0) is 4.79 Å². The van der Waals surface area contributed by atoms with Crippen LogP contribution < -0.4 is 4.74 Å². The van der Waals surface area contributed by atoms with E-state index in [2.05, 4.69) is 34.2 Å². The van der Waals surface area contributed by atoms with Crippen LogP contribution in [0.1, 0.15) is 21.9 Å². The standard InChI is InChI=1S/C44H28N4O3/c49-42-41-39(29-17-9-3-10-18-29)35-25-23-33(46-35)37(27-13-5-1-6-14-27)31-21-22-32(45-31)38(28-15-7-2-8-16-28)34-24-26-36(47-34)40(30-19-11-4-12-20-30)43(48-41)51-44(42)50/h1-26,46-47H. The second-order valence-corrected chi connectivity index (χ2v) is 12.2. The highest BCUT2D eigenvalue weighted by atomic mass is 16.5. The van der Waals surface area contributed by atoms with Crippen molar-refractivity contribution in [2.24, 2.45) is 0 Å². The van der Waals surface area contributed by atoms with Crippen molar-refractivity contribution in [3.05, 3.63) is 163 Å². The predicted octanol–water partition coefficient (Wildman–Crippen LogP) is 9.94. The highest BCUT2D eigenvalue weighted by Gasteiger charge is 2.31. The molecule has 2 N–H and O–H groups in total. The molecule has 7 nitrogen and oxygen atoms in total. The van der Waals surface area contributed by atoms with Crippen molar-refractivity contribution < 1.29 is 14.3 Å². The molecule has 9 rings (SSSR count). The van der Waals surface area contributed by atoms with Crippen LogP contribution >= 0.6 is 0 Å². The Balaban J connectivity index is 1.52. The summed E-state index contributed by atoms with van der Waals surface area (Å²) in [6.45, 7) is 0. The Labute approximate surface area is 292 Å². The van der Waals surface area contributed by atoms with Gasteiger partial charge in [0.25, 0.3) is 5.78 Å². The lowest BCUT2D eigenvalue weighted by atomic mass is 10.0. The van der Waals surface area contributed by atoms with Crippen LogP contribution in [0, 0.1) is 0 Å². The first kappa shape index (κ1) is 30.0. The fraction of sp³-hybridized carbons (Fsp3) is 0. The number of Topliss-reactive ketones (excluding diaryl/α,β-unsaturated/α-hetero) is 1. The van der Waals surface area contributed by atoms with E-state index in [0.717, 1.165) is 50.2 Å². The molecule has 0 fully saturated rings. The third-order valence-corrected chi connectivity index (χ3v) is 9.11. The molecule has 7 aromatic rings. The Morgan fingerprint density at radius 2 is 0.784 bits per heavy atom. The highest BCUT2D eigenvalue weighted by Crippen LogP contribution is 2.39. The summed E-state index contributed by atoms with van der Waals surface area (Å²) < 4.78 is 5.77. The van der Waals surface area contributed by atoms with Crippen LogP contribution in [0.3, 0.4) is 0 Å². The van der Waals surface area contributed by atoms with Crippen LogP contribution in [0.5, 0.6) is 5.88 Å². The molecule has 0 spiro atoms. The number of ketones is 1. The Morgan fingerprint density at radius 1 is 0.412 bits per heavy atom. The first-order valence-electron chi connectivity index (χ1n) is 16.6. The first-order valence-corrected chi connectivity index (χ1v) is 16.6. The lowest BCUT2D eigenvalue weighted by Gasteiger charge is -2.15. The molecule has 51 heavy (non-hydrogen) atoms. The molecule has 3 aromatic heterocycles. The van der Waals surface area contributed by atoms with Gasteiger partial charge in [-0.2, -0.15) is 0 Å². The van der Waals surface area contributed by atoms with E-state index < -0.39 is 11.8 Å². The summed E-state index contributed by atoms with van der Waals surface area (Å²) in [6.07, 6.45) is 4.08. The Bertz CT molecular complexity index is 2680. The van der Waals surface area contributed by atoms with Crippen LogP contribution in [-0.4, -0.2) is 31.7 Å². The number of benzene rings is 4. The van der Waals surface area contributed by atoms with Crippen LogP contribution in [0.15, 0.2) is 146 Å². The van der Waals surface area contributed by atoms with E-state index in [1.807, 2.05) is 133 Å². The van der Waals surface area contributed by atoms with E-state index in [1.165, 1.54) is 0 Å². The van der Waals surface area contributed by atoms with Gasteiger partial charge in [-0.3, -0.25) is 4.79 Å². The van der Waals surface area contributed by atoms with Crippen molar-refractivity contribution in [2.45, 2.75) is 0 Å². The number of H-pyrrole nitrogens is 2.